The normalized spacial score (nSPS) is 18.2. The third-order valence-electron chi connectivity index (χ3n) is 5.66. The fraction of sp³-hybridized carbons (Fsp3) is 0.619. The van der Waals surface area contributed by atoms with E-state index in [0.717, 1.165) is 4.90 Å². The zero-order chi connectivity index (χ0) is 25.4. The van der Waals surface area contributed by atoms with Gasteiger partial charge in [-0.05, 0) is 25.2 Å². The van der Waals surface area contributed by atoms with Crippen molar-refractivity contribution >= 4 is 29.7 Å². The van der Waals surface area contributed by atoms with Gasteiger partial charge >= 0.3 is 11.9 Å². The average Bonchev–Trinajstić information content (AvgIpc) is 3.45. The van der Waals surface area contributed by atoms with E-state index in [4.69, 9.17) is 10.8 Å². The van der Waals surface area contributed by atoms with Crippen molar-refractivity contribution in [1.82, 2.24) is 25.5 Å². The summed E-state index contributed by atoms with van der Waals surface area (Å²) in [6, 6.07) is -4.28. The standard InChI is InChI=1S/C21H32N6O7/c1-11(2)17(26-18(30)13(22)8-12-9-23-10-24-12)19(31)25-14(5-6-16(28)29)20(32)27-7-3-4-15(27)21(33)34/h9-11,13-15,17H,3-8,22H2,1-2H3,(H,23,24)(H,25,31)(H,26,30)(H,28,29)(H,33,34). The molecule has 34 heavy (non-hydrogen) atoms. The number of carbonyl (C=O) groups is 5. The molecule has 0 saturated carbocycles. The average molecular weight is 481 g/mol. The summed E-state index contributed by atoms with van der Waals surface area (Å²) in [5.74, 6) is -4.63. The third-order valence-corrected chi connectivity index (χ3v) is 5.66. The van der Waals surface area contributed by atoms with E-state index in [1.165, 1.54) is 12.5 Å². The maximum Gasteiger partial charge on any atom is 0.326 e. The van der Waals surface area contributed by atoms with Gasteiger partial charge in [0.05, 0.1) is 12.4 Å². The summed E-state index contributed by atoms with van der Waals surface area (Å²) in [5, 5.41) is 23.5. The SMILES string of the molecule is CC(C)C(NC(=O)C(N)Cc1cnc[nH]1)C(=O)NC(CCC(=O)O)C(=O)N1CCCC1C(=O)O. The Bertz CT molecular complexity index is 888. The Hall–Kier alpha value is -3.48. The molecule has 0 spiro atoms. The highest BCUT2D eigenvalue weighted by Gasteiger charge is 2.38. The molecule has 7 N–H and O–H groups in total. The lowest BCUT2D eigenvalue weighted by molar-refractivity contribution is -0.150. The minimum atomic E-state index is -1.25. The minimum absolute atomic E-state index is 0.170. The van der Waals surface area contributed by atoms with Crippen molar-refractivity contribution in [1.29, 1.82) is 0 Å². The molecule has 3 amide bonds. The number of carboxylic acids is 2. The molecule has 0 radical (unpaired) electrons. The highest BCUT2D eigenvalue weighted by atomic mass is 16.4. The van der Waals surface area contributed by atoms with Crippen LogP contribution in [0.1, 0.15) is 45.2 Å². The van der Waals surface area contributed by atoms with Crippen molar-refractivity contribution in [2.45, 2.75) is 70.1 Å². The van der Waals surface area contributed by atoms with Gasteiger partial charge in [-0.2, -0.15) is 0 Å². The Morgan fingerprint density at radius 1 is 1.21 bits per heavy atom. The smallest absolute Gasteiger partial charge is 0.326 e. The van der Waals surface area contributed by atoms with Gasteiger partial charge in [0, 0.05) is 31.3 Å². The third kappa shape index (κ3) is 7.27. The Balaban J connectivity index is 2.11. The summed E-state index contributed by atoms with van der Waals surface area (Å²) in [6.07, 6.45) is 3.29. The molecule has 1 aliphatic heterocycles. The topological polar surface area (TPSA) is 208 Å². The maximum atomic E-state index is 13.0. The molecular weight excluding hydrogens is 448 g/mol. The van der Waals surface area contributed by atoms with E-state index in [9.17, 15) is 29.1 Å². The number of hydrogen-bond acceptors (Lipinski definition) is 7. The zero-order valence-corrected chi connectivity index (χ0v) is 19.2. The lowest BCUT2D eigenvalue weighted by Gasteiger charge is -2.29. The van der Waals surface area contributed by atoms with Crippen LogP contribution in [-0.2, 0) is 30.4 Å². The number of aromatic amines is 1. The number of amides is 3. The van der Waals surface area contributed by atoms with Crippen molar-refractivity contribution in [3.05, 3.63) is 18.2 Å². The molecule has 1 fully saturated rings. The number of rotatable bonds is 12. The number of nitrogens with two attached hydrogens (primary N) is 1. The number of likely N-dealkylation sites (tertiary alicyclic amines) is 1. The number of nitrogens with one attached hydrogen (secondary N) is 3. The molecule has 0 bridgehead atoms. The fourth-order valence-electron chi connectivity index (χ4n) is 3.80. The Morgan fingerprint density at radius 2 is 1.91 bits per heavy atom. The van der Waals surface area contributed by atoms with Gasteiger partial charge in [-0.15, -0.1) is 0 Å². The molecule has 2 heterocycles. The number of carbonyl (C=O) groups excluding carboxylic acids is 3. The zero-order valence-electron chi connectivity index (χ0n) is 19.2. The first-order chi connectivity index (χ1) is 16.0. The number of imidazole rings is 1. The van der Waals surface area contributed by atoms with Gasteiger partial charge in [0.25, 0.3) is 0 Å². The summed E-state index contributed by atoms with van der Waals surface area (Å²) >= 11 is 0. The molecule has 4 atom stereocenters. The van der Waals surface area contributed by atoms with Gasteiger partial charge < -0.3 is 36.5 Å². The lowest BCUT2D eigenvalue weighted by Crippen LogP contribution is -2.58. The fourth-order valence-corrected chi connectivity index (χ4v) is 3.80. The molecule has 1 aliphatic rings. The van der Waals surface area contributed by atoms with Gasteiger partial charge in [-0.25, -0.2) is 9.78 Å². The lowest BCUT2D eigenvalue weighted by atomic mass is 10.0. The van der Waals surface area contributed by atoms with Gasteiger partial charge in [0.15, 0.2) is 0 Å². The summed E-state index contributed by atoms with van der Waals surface area (Å²) in [4.78, 5) is 69.1. The largest absolute Gasteiger partial charge is 0.481 e. The van der Waals surface area contributed by atoms with Crippen molar-refractivity contribution in [3.63, 3.8) is 0 Å². The van der Waals surface area contributed by atoms with E-state index in [-0.39, 0.29) is 31.7 Å². The number of H-pyrrole nitrogens is 1. The predicted octanol–water partition coefficient (Wildman–Crippen LogP) is -1.15. The second kappa shape index (κ2) is 12.1. The van der Waals surface area contributed by atoms with E-state index < -0.39 is 60.2 Å². The van der Waals surface area contributed by atoms with Crippen LogP contribution in [0.4, 0.5) is 0 Å². The minimum Gasteiger partial charge on any atom is -0.481 e. The molecule has 0 aliphatic carbocycles. The molecule has 4 unspecified atom stereocenters. The molecule has 1 aromatic rings. The van der Waals surface area contributed by atoms with Crippen LogP contribution in [0.2, 0.25) is 0 Å². The summed E-state index contributed by atoms with van der Waals surface area (Å²) in [7, 11) is 0. The summed E-state index contributed by atoms with van der Waals surface area (Å²) < 4.78 is 0. The molecule has 1 aromatic heterocycles. The number of aromatic nitrogens is 2. The van der Waals surface area contributed by atoms with E-state index in [2.05, 4.69) is 20.6 Å². The van der Waals surface area contributed by atoms with Crippen molar-refractivity contribution in [2.24, 2.45) is 11.7 Å². The van der Waals surface area contributed by atoms with Crippen LogP contribution in [0, 0.1) is 5.92 Å². The molecule has 0 aromatic carbocycles. The van der Waals surface area contributed by atoms with E-state index in [1.54, 1.807) is 13.8 Å². The first-order valence-corrected chi connectivity index (χ1v) is 11.1. The second-order valence-electron chi connectivity index (χ2n) is 8.64. The van der Waals surface area contributed by atoms with E-state index in [1.807, 2.05) is 0 Å². The predicted molar refractivity (Wildman–Crippen MR) is 118 cm³/mol. The molecule has 13 nitrogen and oxygen atoms in total. The van der Waals surface area contributed by atoms with Gasteiger partial charge in [0.2, 0.25) is 17.7 Å². The van der Waals surface area contributed by atoms with E-state index >= 15 is 0 Å². The van der Waals surface area contributed by atoms with Crippen LogP contribution in [-0.4, -0.2) is 85.5 Å². The van der Waals surface area contributed by atoms with Gasteiger partial charge in [-0.3, -0.25) is 19.2 Å². The quantitative estimate of drug-likeness (QED) is 0.213. The van der Waals surface area contributed by atoms with Crippen molar-refractivity contribution in [2.75, 3.05) is 6.54 Å². The number of aliphatic carboxylic acids is 2. The van der Waals surface area contributed by atoms with Crippen LogP contribution in [0.25, 0.3) is 0 Å². The number of nitrogens with zero attached hydrogens (tertiary/aromatic N) is 2. The first kappa shape index (κ1) is 26.8. The van der Waals surface area contributed by atoms with Crippen molar-refractivity contribution < 1.29 is 34.2 Å². The monoisotopic (exact) mass is 480 g/mol. The van der Waals surface area contributed by atoms with Gasteiger partial charge in [-0.1, -0.05) is 13.8 Å². The molecule has 13 heteroatoms. The Labute approximate surface area is 196 Å². The van der Waals surface area contributed by atoms with Crippen LogP contribution >= 0.6 is 0 Å². The Kier molecular flexibility index (Phi) is 9.54. The first-order valence-electron chi connectivity index (χ1n) is 11.1. The van der Waals surface area contributed by atoms with E-state index in [0.29, 0.717) is 12.1 Å². The van der Waals surface area contributed by atoms with Crippen LogP contribution < -0.4 is 16.4 Å². The van der Waals surface area contributed by atoms with Crippen LogP contribution in [0.3, 0.4) is 0 Å². The van der Waals surface area contributed by atoms with Crippen LogP contribution in [0.5, 0.6) is 0 Å². The van der Waals surface area contributed by atoms with Crippen LogP contribution in [0.15, 0.2) is 12.5 Å². The molecule has 2 rings (SSSR count). The maximum absolute atomic E-state index is 13.0. The highest BCUT2D eigenvalue weighted by Crippen LogP contribution is 2.20. The summed E-state index contributed by atoms with van der Waals surface area (Å²) in [6.45, 7) is 3.59. The molecule has 1 saturated heterocycles. The number of carboxylic acid groups (broad SMARTS) is 2. The van der Waals surface area contributed by atoms with Gasteiger partial charge in [0.1, 0.15) is 18.1 Å². The second-order valence-corrected chi connectivity index (χ2v) is 8.64. The number of hydrogen-bond donors (Lipinski definition) is 6. The summed E-state index contributed by atoms with van der Waals surface area (Å²) in [5.41, 5.74) is 6.59. The Morgan fingerprint density at radius 3 is 2.47 bits per heavy atom. The highest BCUT2D eigenvalue weighted by molar-refractivity contribution is 5.94. The molecule has 188 valence electrons. The van der Waals surface area contributed by atoms with Crippen molar-refractivity contribution in [3.8, 4) is 0 Å². The molecular formula is C21H32N6O7.